The molecule has 1 unspecified atom stereocenters. The molecule has 0 aromatic heterocycles. The molecule has 1 aliphatic heterocycles. The van der Waals surface area contributed by atoms with Gasteiger partial charge in [0.15, 0.2) is 0 Å². The van der Waals surface area contributed by atoms with Crippen LogP contribution in [0.1, 0.15) is 46.0 Å². The standard InChI is InChI=1S/C10H18S3/c1-3-5-7-10(6-4-2)8-12-9(11)13-10/h3-8H2,1-2H3. The maximum atomic E-state index is 5.26. The van der Waals surface area contributed by atoms with E-state index in [0.29, 0.717) is 4.75 Å². The molecule has 0 N–H and O–H groups in total. The Morgan fingerprint density at radius 1 is 1.31 bits per heavy atom. The zero-order valence-corrected chi connectivity index (χ0v) is 10.9. The van der Waals surface area contributed by atoms with Gasteiger partial charge in [0.05, 0.1) is 0 Å². The smallest absolute Gasteiger partial charge is 0.104 e. The Balaban J connectivity index is 2.48. The van der Waals surface area contributed by atoms with E-state index in [9.17, 15) is 0 Å². The van der Waals surface area contributed by atoms with Gasteiger partial charge in [0.25, 0.3) is 0 Å². The molecule has 0 radical (unpaired) electrons. The molecule has 1 saturated heterocycles. The highest BCUT2D eigenvalue weighted by molar-refractivity contribution is 8.49. The molecule has 0 saturated carbocycles. The Morgan fingerprint density at radius 2 is 2.08 bits per heavy atom. The second-order valence-corrected chi connectivity index (χ2v) is 7.32. The summed E-state index contributed by atoms with van der Waals surface area (Å²) in [6, 6.07) is 0. The number of unbranched alkanes of at least 4 members (excludes halogenated alkanes) is 1. The summed E-state index contributed by atoms with van der Waals surface area (Å²) in [7, 11) is 0. The van der Waals surface area contributed by atoms with Gasteiger partial charge in [0.1, 0.15) is 3.53 Å². The first-order valence-electron chi connectivity index (χ1n) is 5.08. The molecule has 1 heterocycles. The first-order valence-corrected chi connectivity index (χ1v) is 7.29. The predicted octanol–water partition coefficient (Wildman–Crippen LogP) is 4.48. The lowest BCUT2D eigenvalue weighted by atomic mass is 9.98. The Morgan fingerprint density at radius 3 is 2.54 bits per heavy atom. The Bertz CT molecular complexity index is 179. The van der Waals surface area contributed by atoms with Gasteiger partial charge in [-0.25, -0.2) is 0 Å². The molecule has 1 rings (SSSR count). The fourth-order valence-corrected chi connectivity index (χ4v) is 5.39. The van der Waals surface area contributed by atoms with Crippen LogP contribution in [0.4, 0.5) is 0 Å². The molecule has 0 bridgehead atoms. The van der Waals surface area contributed by atoms with E-state index in [-0.39, 0.29) is 0 Å². The van der Waals surface area contributed by atoms with E-state index >= 15 is 0 Å². The van der Waals surface area contributed by atoms with Crippen LogP contribution >= 0.6 is 35.7 Å². The van der Waals surface area contributed by atoms with Gasteiger partial charge in [0.2, 0.25) is 0 Å². The van der Waals surface area contributed by atoms with E-state index in [1.807, 2.05) is 23.5 Å². The quantitative estimate of drug-likeness (QED) is 0.644. The van der Waals surface area contributed by atoms with Gasteiger partial charge in [0, 0.05) is 10.5 Å². The number of thiocarbonyl (C=S) groups is 1. The summed E-state index contributed by atoms with van der Waals surface area (Å²) >= 11 is 9.12. The molecule has 0 amide bonds. The van der Waals surface area contributed by atoms with Crippen molar-refractivity contribution in [3.8, 4) is 0 Å². The molecule has 1 fully saturated rings. The van der Waals surface area contributed by atoms with Crippen LogP contribution in [-0.4, -0.2) is 14.0 Å². The second-order valence-electron chi connectivity index (χ2n) is 3.68. The summed E-state index contributed by atoms with van der Waals surface area (Å²) < 4.78 is 1.68. The van der Waals surface area contributed by atoms with Gasteiger partial charge in [-0.3, -0.25) is 0 Å². The molecule has 0 nitrogen and oxygen atoms in total. The fourth-order valence-electron chi connectivity index (χ4n) is 1.75. The highest BCUT2D eigenvalue weighted by atomic mass is 32.2. The van der Waals surface area contributed by atoms with Crippen LogP contribution in [0.5, 0.6) is 0 Å². The molecule has 3 heteroatoms. The van der Waals surface area contributed by atoms with E-state index in [4.69, 9.17) is 12.2 Å². The van der Waals surface area contributed by atoms with Crippen LogP contribution in [0.3, 0.4) is 0 Å². The summed E-state index contributed by atoms with van der Waals surface area (Å²) in [5, 5.41) is 0. The van der Waals surface area contributed by atoms with E-state index in [0.717, 1.165) is 0 Å². The Kier molecular flexibility index (Phi) is 5.13. The molecule has 0 aliphatic carbocycles. The maximum Gasteiger partial charge on any atom is 0.104 e. The molecule has 13 heavy (non-hydrogen) atoms. The monoisotopic (exact) mass is 234 g/mol. The van der Waals surface area contributed by atoms with Crippen molar-refractivity contribution < 1.29 is 0 Å². The number of hydrogen-bond donors (Lipinski definition) is 0. The summed E-state index contributed by atoms with van der Waals surface area (Å²) in [6.07, 6.45) is 6.65. The average molecular weight is 234 g/mol. The van der Waals surface area contributed by atoms with Crippen molar-refractivity contribution >= 4 is 39.3 Å². The molecular weight excluding hydrogens is 216 g/mol. The van der Waals surface area contributed by atoms with Crippen LogP contribution in [0.25, 0.3) is 0 Å². The minimum absolute atomic E-state index is 0.506. The zero-order valence-electron chi connectivity index (χ0n) is 8.47. The second kappa shape index (κ2) is 5.62. The first-order chi connectivity index (χ1) is 6.22. The van der Waals surface area contributed by atoms with Gasteiger partial charge < -0.3 is 0 Å². The van der Waals surface area contributed by atoms with Crippen molar-refractivity contribution in [1.82, 2.24) is 0 Å². The first kappa shape index (κ1) is 11.9. The average Bonchev–Trinajstić information content (AvgIpc) is 2.46. The lowest BCUT2D eigenvalue weighted by molar-refractivity contribution is 0.522. The lowest BCUT2D eigenvalue weighted by Crippen LogP contribution is -2.24. The van der Waals surface area contributed by atoms with Crippen molar-refractivity contribution in [2.75, 3.05) is 5.75 Å². The number of thioether (sulfide) groups is 2. The van der Waals surface area contributed by atoms with Crippen molar-refractivity contribution in [3.63, 3.8) is 0 Å². The number of hydrogen-bond acceptors (Lipinski definition) is 3. The van der Waals surface area contributed by atoms with E-state index in [1.165, 1.54) is 41.4 Å². The Labute approximate surface area is 95.6 Å². The van der Waals surface area contributed by atoms with Crippen LogP contribution in [0.15, 0.2) is 0 Å². The summed E-state index contributed by atoms with van der Waals surface area (Å²) in [4.78, 5) is 0. The van der Waals surface area contributed by atoms with Crippen LogP contribution < -0.4 is 0 Å². The van der Waals surface area contributed by atoms with Gasteiger partial charge in [-0.15, -0.1) is 23.5 Å². The third kappa shape index (κ3) is 3.45. The zero-order chi connectivity index (χ0) is 9.73. The largest absolute Gasteiger partial charge is 0.106 e. The minimum Gasteiger partial charge on any atom is -0.106 e. The lowest BCUT2D eigenvalue weighted by Gasteiger charge is -2.25. The highest BCUT2D eigenvalue weighted by Gasteiger charge is 2.36. The number of rotatable bonds is 5. The SMILES string of the molecule is CCCCC1(CCC)CSC(=S)S1. The van der Waals surface area contributed by atoms with Crippen molar-refractivity contribution in [2.24, 2.45) is 0 Å². The predicted molar refractivity (Wildman–Crippen MR) is 69.8 cm³/mol. The summed E-state index contributed by atoms with van der Waals surface area (Å²) in [5.74, 6) is 1.25. The fraction of sp³-hybridized carbons (Fsp3) is 0.900. The van der Waals surface area contributed by atoms with Crippen LogP contribution in [0.2, 0.25) is 0 Å². The van der Waals surface area contributed by atoms with Crippen molar-refractivity contribution in [2.45, 2.75) is 50.7 Å². The molecule has 0 aromatic carbocycles. The molecule has 1 aliphatic rings. The van der Waals surface area contributed by atoms with Crippen LogP contribution in [0, 0.1) is 0 Å². The minimum atomic E-state index is 0.506. The normalized spacial score (nSPS) is 28.3. The van der Waals surface area contributed by atoms with E-state index in [2.05, 4.69) is 13.8 Å². The van der Waals surface area contributed by atoms with Gasteiger partial charge in [-0.05, 0) is 12.8 Å². The molecule has 0 spiro atoms. The van der Waals surface area contributed by atoms with Crippen LogP contribution in [-0.2, 0) is 0 Å². The molecule has 0 aromatic rings. The van der Waals surface area contributed by atoms with Crippen molar-refractivity contribution in [1.29, 1.82) is 0 Å². The van der Waals surface area contributed by atoms with E-state index < -0.39 is 0 Å². The summed E-state index contributed by atoms with van der Waals surface area (Å²) in [6.45, 7) is 4.55. The summed E-state index contributed by atoms with van der Waals surface area (Å²) in [5.41, 5.74) is 0. The molecule has 1 atom stereocenters. The topological polar surface area (TPSA) is 0 Å². The Hall–Kier alpha value is 0.790. The molecule has 76 valence electrons. The van der Waals surface area contributed by atoms with Gasteiger partial charge >= 0.3 is 0 Å². The van der Waals surface area contributed by atoms with Gasteiger partial charge in [-0.1, -0.05) is 45.3 Å². The molecular formula is C10H18S3. The third-order valence-corrected chi connectivity index (χ3v) is 5.92. The van der Waals surface area contributed by atoms with Crippen molar-refractivity contribution in [3.05, 3.63) is 0 Å². The maximum absolute atomic E-state index is 5.26. The third-order valence-electron chi connectivity index (χ3n) is 2.44. The van der Waals surface area contributed by atoms with E-state index in [1.54, 1.807) is 0 Å². The highest BCUT2D eigenvalue weighted by Crippen LogP contribution is 2.47. The van der Waals surface area contributed by atoms with Gasteiger partial charge in [-0.2, -0.15) is 0 Å².